The van der Waals surface area contributed by atoms with E-state index in [4.69, 9.17) is 40.0 Å². The summed E-state index contributed by atoms with van der Waals surface area (Å²) in [6, 6.07) is 32.3. The van der Waals surface area contributed by atoms with Crippen molar-refractivity contribution in [1.82, 2.24) is 0 Å². The molecule has 0 N–H and O–H groups in total. The Morgan fingerprint density at radius 3 is 2.10 bits per heavy atom. The number of carbonyl (C=O) groups excluding carboxylic acids is 1. The van der Waals surface area contributed by atoms with Crippen molar-refractivity contribution in [2.75, 3.05) is 19.8 Å². The highest BCUT2D eigenvalue weighted by Crippen LogP contribution is 2.44. The molecule has 6 atom stereocenters. The number of ether oxygens (including phenoxy) is 6. The molecular weight excluding hydrogens is 664 g/mol. The zero-order valence-electron chi connectivity index (χ0n) is 29.8. The monoisotopic (exact) mass is 712 g/mol. The van der Waals surface area contributed by atoms with Gasteiger partial charge in [0.05, 0.1) is 38.6 Å². The molecule has 6 rings (SSSR count). The first-order valence-corrected chi connectivity index (χ1v) is 18.5. The van der Waals surface area contributed by atoms with Crippen molar-refractivity contribution in [2.24, 2.45) is 11.8 Å². The van der Waals surface area contributed by atoms with Gasteiger partial charge in [-0.1, -0.05) is 97.7 Å². The van der Waals surface area contributed by atoms with Crippen LogP contribution < -0.4 is 9.47 Å². The van der Waals surface area contributed by atoms with Gasteiger partial charge in [-0.05, 0) is 78.1 Å². The topological polar surface area (TPSA) is 72.5 Å². The molecule has 4 aromatic carbocycles. The zero-order valence-corrected chi connectivity index (χ0v) is 30.6. The highest BCUT2D eigenvalue weighted by Gasteiger charge is 2.43. The second-order valence-corrected chi connectivity index (χ2v) is 13.9. The molecule has 1 saturated carbocycles. The number of benzene rings is 4. The Labute approximate surface area is 307 Å². The third-order valence-electron chi connectivity index (χ3n) is 9.76. The van der Waals surface area contributed by atoms with Crippen LogP contribution in [0.5, 0.6) is 11.5 Å². The quantitative estimate of drug-likeness (QED) is 0.101. The maximum atomic E-state index is 12.1. The summed E-state index contributed by atoms with van der Waals surface area (Å²) in [6.45, 7) is 7.64. The Bertz CT molecular complexity index is 1680. The van der Waals surface area contributed by atoms with Crippen molar-refractivity contribution >= 4 is 17.6 Å². The highest BCUT2D eigenvalue weighted by molar-refractivity contribution is 6.31. The molecule has 0 bridgehead atoms. The van der Waals surface area contributed by atoms with E-state index in [1.54, 1.807) is 0 Å². The molecule has 6 unspecified atom stereocenters. The Morgan fingerprint density at radius 2 is 1.47 bits per heavy atom. The van der Waals surface area contributed by atoms with Gasteiger partial charge in [-0.2, -0.15) is 0 Å². The molecule has 7 nitrogen and oxygen atoms in total. The van der Waals surface area contributed by atoms with E-state index in [0.717, 1.165) is 40.0 Å². The van der Waals surface area contributed by atoms with Crippen LogP contribution in [0.2, 0.25) is 5.02 Å². The van der Waals surface area contributed by atoms with Crippen LogP contribution in [0.25, 0.3) is 0 Å². The van der Waals surface area contributed by atoms with Crippen molar-refractivity contribution in [1.29, 1.82) is 0 Å². The number of hydrogen-bond donors (Lipinski definition) is 0. The normalized spacial score (nSPS) is 22.7. The smallest absolute Gasteiger partial charge is 0.302 e. The van der Waals surface area contributed by atoms with Gasteiger partial charge in [0, 0.05) is 23.9 Å². The third-order valence-corrected chi connectivity index (χ3v) is 10.1. The molecule has 1 saturated heterocycles. The average molecular weight is 713 g/mol. The van der Waals surface area contributed by atoms with E-state index in [0.29, 0.717) is 61.9 Å². The Morgan fingerprint density at radius 1 is 0.784 bits per heavy atom. The fraction of sp³-hybridized carbons (Fsp3) is 0.419. The van der Waals surface area contributed by atoms with Crippen LogP contribution in [0.1, 0.15) is 74.0 Å². The first-order chi connectivity index (χ1) is 24.9. The number of esters is 1. The molecule has 1 aliphatic heterocycles. The Balaban J connectivity index is 1.32. The maximum absolute atomic E-state index is 12.1. The molecule has 4 aromatic rings. The van der Waals surface area contributed by atoms with Gasteiger partial charge in [-0.3, -0.25) is 4.79 Å². The highest BCUT2D eigenvalue weighted by atomic mass is 35.5. The molecule has 0 spiro atoms. The molecule has 1 aliphatic carbocycles. The number of hydrogen-bond acceptors (Lipinski definition) is 7. The maximum Gasteiger partial charge on any atom is 0.302 e. The van der Waals surface area contributed by atoms with Crippen LogP contribution >= 0.6 is 11.6 Å². The summed E-state index contributed by atoms with van der Waals surface area (Å²) in [7, 11) is 0. The lowest BCUT2D eigenvalue weighted by atomic mass is 9.91. The van der Waals surface area contributed by atoms with Gasteiger partial charge in [0.1, 0.15) is 30.3 Å². The summed E-state index contributed by atoms with van der Waals surface area (Å²) in [6.07, 6.45) is 1.55. The van der Waals surface area contributed by atoms with Crippen LogP contribution in [0.15, 0.2) is 97.1 Å². The van der Waals surface area contributed by atoms with Crippen molar-refractivity contribution in [3.05, 3.63) is 130 Å². The predicted octanol–water partition coefficient (Wildman–Crippen LogP) is 9.32. The van der Waals surface area contributed by atoms with Crippen LogP contribution in [0.3, 0.4) is 0 Å². The molecular formula is C43H49ClO7. The van der Waals surface area contributed by atoms with E-state index in [1.807, 2.05) is 85.8 Å². The zero-order chi connectivity index (χ0) is 35.6. The molecule has 270 valence electrons. The summed E-state index contributed by atoms with van der Waals surface area (Å²) < 4.78 is 38.0. The van der Waals surface area contributed by atoms with E-state index < -0.39 is 18.3 Å². The Kier molecular flexibility index (Phi) is 13.1. The van der Waals surface area contributed by atoms with Crippen molar-refractivity contribution in [3.63, 3.8) is 0 Å². The average Bonchev–Trinajstić information content (AvgIpc) is 3.93. The molecule has 2 fully saturated rings. The summed E-state index contributed by atoms with van der Waals surface area (Å²) in [5, 5.41) is 0.638. The largest absolute Gasteiger partial charge is 0.494 e. The standard InChI is InChI=1S/C43H49ClO7/c1-4-33-21-35(33)27-49-39-23-38(44)34(20-30-16-18-36(19-17-30)46-5-2)22-37(39)40-24-41(48-25-31-12-8-6-9-13-31)43(42(51-40)28-47-29(3)45)50-26-32-14-10-7-11-15-32/h6-19,22-23,33,35,40-43H,4-5,20-21,24-28H2,1-3H3. The van der Waals surface area contributed by atoms with Crippen molar-refractivity contribution < 1.29 is 33.2 Å². The molecule has 1 heterocycles. The minimum absolute atomic E-state index is 0.0273. The fourth-order valence-electron chi connectivity index (χ4n) is 6.82. The van der Waals surface area contributed by atoms with Gasteiger partial charge in [0.2, 0.25) is 0 Å². The van der Waals surface area contributed by atoms with Gasteiger partial charge in [0.15, 0.2) is 0 Å². The minimum atomic E-state index is -0.594. The first kappa shape index (κ1) is 36.9. The van der Waals surface area contributed by atoms with E-state index in [1.165, 1.54) is 13.3 Å². The van der Waals surface area contributed by atoms with Crippen LogP contribution in [0.4, 0.5) is 0 Å². The van der Waals surface area contributed by atoms with Crippen molar-refractivity contribution in [3.8, 4) is 11.5 Å². The summed E-state index contributed by atoms with van der Waals surface area (Å²) in [4.78, 5) is 12.1. The number of carbonyl (C=O) groups is 1. The molecule has 0 radical (unpaired) electrons. The molecule has 8 heteroatoms. The number of halogens is 1. The van der Waals surface area contributed by atoms with Gasteiger partial charge in [-0.25, -0.2) is 0 Å². The van der Waals surface area contributed by atoms with Gasteiger partial charge >= 0.3 is 5.97 Å². The molecule has 51 heavy (non-hydrogen) atoms. The van der Waals surface area contributed by atoms with E-state index in [-0.39, 0.29) is 18.7 Å². The summed E-state index contributed by atoms with van der Waals surface area (Å²) in [5.74, 6) is 2.39. The predicted molar refractivity (Wildman–Crippen MR) is 198 cm³/mol. The van der Waals surface area contributed by atoms with Gasteiger partial charge in [-0.15, -0.1) is 0 Å². The van der Waals surface area contributed by atoms with Crippen molar-refractivity contribution in [2.45, 2.75) is 84.1 Å². The summed E-state index contributed by atoms with van der Waals surface area (Å²) in [5.41, 5.74) is 5.06. The van der Waals surface area contributed by atoms with E-state index >= 15 is 0 Å². The minimum Gasteiger partial charge on any atom is -0.494 e. The van der Waals surface area contributed by atoms with E-state index in [9.17, 15) is 4.79 Å². The van der Waals surface area contributed by atoms with Gasteiger partial charge < -0.3 is 28.4 Å². The SMILES string of the molecule is CCOc1ccc(Cc2cc(C3CC(OCc4ccccc4)C(OCc4ccccc4)C(COC(C)=O)O3)c(OCC3CC3CC)cc2Cl)cc1. The third kappa shape index (κ3) is 10.4. The molecule has 0 amide bonds. The molecule has 0 aromatic heterocycles. The van der Waals surface area contributed by atoms with Crippen LogP contribution in [0, 0.1) is 11.8 Å². The lowest BCUT2D eigenvalue weighted by Gasteiger charge is -2.42. The van der Waals surface area contributed by atoms with Crippen LogP contribution in [-0.2, 0) is 43.4 Å². The van der Waals surface area contributed by atoms with Crippen LogP contribution in [-0.4, -0.2) is 44.1 Å². The number of rotatable bonds is 17. The van der Waals surface area contributed by atoms with E-state index in [2.05, 4.69) is 25.1 Å². The Hall–Kier alpha value is -3.88. The second-order valence-electron chi connectivity index (χ2n) is 13.5. The second kappa shape index (κ2) is 18.1. The van der Waals surface area contributed by atoms with Gasteiger partial charge in [0.25, 0.3) is 0 Å². The lowest BCUT2D eigenvalue weighted by molar-refractivity contribution is -0.221. The summed E-state index contributed by atoms with van der Waals surface area (Å²) >= 11 is 6.99. The molecule has 2 aliphatic rings. The first-order valence-electron chi connectivity index (χ1n) is 18.2. The lowest BCUT2D eigenvalue weighted by Crippen LogP contribution is -2.50. The fourth-order valence-corrected chi connectivity index (χ4v) is 7.04.